The minimum Gasteiger partial charge on any atom is -0.624 e. The van der Waals surface area contributed by atoms with Gasteiger partial charge in [0.05, 0.1) is 0 Å². The number of hydrogen-bond acceptors (Lipinski definition) is 2. The van der Waals surface area contributed by atoms with Crippen LogP contribution < -0.4 is 5.32 Å². The van der Waals surface area contributed by atoms with Crippen molar-refractivity contribution in [1.29, 1.82) is 0 Å². The molecule has 0 heterocycles. The van der Waals surface area contributed by atoms with E-state index in [-0.39, 0.29) is 0 Å². The number of nitrogens with one attached hydrogen (secondary N) is 1. The number of rotatable bonds is 3. The second-order valence-corrected chi connectivity index (χ2v) is 2.59. The first-order valence-corrected chi connectivity index (χ1v) is 3.74. The van der Waals surface area contributed by atoms with Crippen LogP contribution >= 0.6 is 0 Å². The number of anilines is 1. The number of benzene rings is 1. The highest BCUT2D eigenvalue weighted by molar-refractivity contribution is 5.43. The van der Waals surface area contributed by atoms with Crippen LogP contribution in [0.1, 0.15) is 5.56 Å². The van der Waals surface area contributed by atoms with Gasteiger partial charge in [0.1, 0.15) is 6.72 Å². The molecule has 0 atom stereocenters. The Bertz CT molecular complexity index is 266. The largest absolute Gasteiger partial charge is 0.624 e. The third kappa shape index (κ3) is 2.27. The van der Waals surface area contributed by atoms with E-state index in [4.69, 9.17) is 0 Å². The molecule has 0 amide bonds. The zero-order valence-corrected chi connectivity index (χ0v) is 7.08. The lowest BCUT2D eigenvalue weighted by molar-refractivity contribution is -0.465. The fraction of sp³-hybridized carbons (Fsp3) is 0.222. The van der Waals surface area contributed by atoms with Gasteiger partial charge in [-0.15, -0.1) is 0 Å². The van der Waals surface area contributed by atoms with Crippen LogP contribution in [0.25, 0.3) is 0 Å². The van der Waals surface area contributed by atoms with Gasteiger partial charge in [-0.3, -0.25) is 0 Å². The number of hydrogen-bond donors (Lipinski definition) is 1. The Balaban J connectivity index is 2.71. The molecule has 0 fully saturated rings. The van der Waals surface area contributed by atoms with Crippen molar-refractivity contribution in [2.75, 3.05) is 12.4 Å². The molecule has 0 aliphatic carbocycles. The molecular formula is C9H12N2O. The second kappa shape index (κ2) is 3.76. The molecule has 3 nitrogen and oxygen atoms in total. The van der Waals surface area contributed by atoms with Crippen LogP contribution in [-0.2, 0) is 6.54 Å². The smallest absolute Gasteiger partial charge is 0.178 e. The SMILES string of the molecule is C=[N+]([O-])Cc1ccc(NC)cc1. The molecule has 1 rings (SSSR count). The topological polar surface area (TPSA) is 38.1 Å². The molecule has 0 radical (unpaired) electrons. The predicted molar refractivity (Wildman–Crippen MR) is 50.4 cm³/mol. The Morgan fingerprint density at radius 3 is 2.42 bits per heavy atom. The molecule has 1 N–H and O–H groups in total. The highest BCUT2D eigenvalue weighted by Crippen LogP contribution is 2.08. The summed E-state index contributed by atoms with van der Waals surface area (Å²) in [5.41, 5.74) is 2.01. The molecule has 0 aromatic heterocycles. The Hall–Kier alpha value is -1.51. The first kappa shape index (κ1) is 8.59. The quantitative estimate of drug-likeness (QED) is 0.318. The predicted octanol–water partition coefficient (Wildman–Crippen LogP) is 1.44. The van der Waals surface area contributed by atoms with Crippen molar-refractivity contribution in [2.45, 2.75) is 6.54 Å². The Morgan fingerprint density at radius 1 is 1.42 bits per heavy atom. The summed E-state index contributed by atoms with van der Waals surface area (Å²) in [6.07, 6.45) is 0. The van der Waals surface area contributed by atoms with Gasteiger partial charge in [-0.05, 0) is 12.1 Å². The summed E-state index contributed by atoms with van der Waals surface area (Å²) in [6.45, 7) is 3.58. The van der Waals surface area contributed by atoms with E-state index in [0.29, 0.717) is 11.3 Å². The van der Waals surface area contributed by atoms with Gasteiger partial charge < -0.3 is 10.5 Å². The highest BCUT2D eigenvalue weighted by atomic mass is 16.5. The average molecular weight is 164 g/mol. The normalized spacial score (nSPS) is 9.42. The number of nitrogens with zero attached hydrogens (tertiary/aromatic N) is 1. The van der Waals surface area contributed by atoms with Gasteiger partial charge in [0.2, 0.25) is 0 Å². The van der Waals surface area contributed by atoms with Crippen LogP contribution in [0.5, 0.6) is 0 Å². The Kier molecular flexibility index (Phi) is 2.69. The average Bonchev–Trinajstić information content (AvgIpc) is 2.05. The molecule has 12 heavy (non-hydrogen) atoms. The van der Waals surface area contributed by atoms with E-state index in [0.717, 1.165) is 11.3 Å². The summed E-state index contributed by atoms with van der Waals surface area (Å²) in [7, 11) is 1.86. The van der Waals surface area contributed by atoms with Crippen molar-refractivity contribution >= 4 is 12.4 Å². The standard InChI is InChI=1S/C9H12N2O/c1-10-9-5-3-8(4-6-9)7-11(2)12/h3-6,10H,2,7H2,1H3. The highest BCUT2D eigenvalue weighted by Gasteiger charge is 1.95. The molecule has 64 valence electrons. The molecule has 0 saturated carbocycles. The fourth-order valence-electron chi connectivity index (χ4n) is 0.980. The molecule has 0 aliphatic rings. The lowest BCUT2D eigenvalue weighted by Crippen LogP contribution is -1.99. The summed E-state index contributed by atoms with van der Waals surface area (Å²) < 4.78 is 0.661. The van der Waals surface area contributed by atoms with Crippen molar-refractivity contribution in [2.24, 2.45) is 0 Å². The minimum atomic E-state index is 0.337. The van der Waals surface area contributed by atoms with Crippen LogP contribution in [0.2, 0.25) is 0 Å². The van der Waals surface area contributed by atoms with Crippen molar-refractivity contribution < 1.29 is 4.74 Å². The molecule has 0 unspecified atom stereocenters. The second-order valence-electron chi connectivity index (χ2n) is 2.59. The van der Waals surface area contributed by atoms with E-state index in [1.807, 2.05) is 31.3 Å². The van der Waals surface area contributed by atoms with Gasteiger partial charge in [0, 0.05) is 18.3 Å². The van der Waals surface area contributed by atoms with Crippen molar-refractivity contribution in [1.82, 2.24) is 0 Å². The number of hydroxylamine groups is 1. The first-order valence-electron chi connectivity index (χ1n) is 3.74. The molecule has 0 saturated heterocycles. The maximum absolute atomic E-state index is 10.6. The maximum atomic E-state index is 10.6. The zero-order valence-electron chi connectivity index (χ0n) is 7.08. The van der Waals surface area contributed by atoms with Crippen molar-refractivity contribution in [3.05, 3.63) is 35.0 Å². The van der Waals surface area contributed by atoms with Crippen LogP contribution in [0.4, 0.5) is 5.69 Å². The molecule has 0 aliphatic heterocycles. The van der Waals surface area contributed by atoms with Crippen LogP contribution in [0.3, 0.4) is 0 Å². The van der Waals surface area contributed by atoms with E-state index in [9.17, 15) is 5.21 Å². The molecule has 0 spiro atoms. The van der Waals surface area contributed by atoms with Gasteiger partial charge in [0.15, 0.2) is 6.54 Å². The molecule has 1 aromatic carbocycles. The lowest BCUT2D eigenvalue weighted by Gasteiger charge is -2.03. The van der Waals surface area contributed by atoms with Crippen molar-refractivity contribution in [3.8, 4) is 0 Å². The summed E-state index contributed by atoms with van der Waals surface area (Å²) in [4.78, 5) is 0. The summed E-state index contributed by atoms with van der Waals surface area (Å²) in [6, 6.07) is 7.67. The lowest BCUT2D eigenvalue weighted by atomic mass is 10.2. The van der Waals surface area contributed by atoms with Gasteiger partial charge in [-0.2, -0.15) is 0 Å². The van der Waals surface area contributed by atoms with E-state index < -0.39 is 0 Å². The first-order chi connectivity index (χ1) is 5.72. The third-order valence-corrected chi connectivity index (χ3v) is 1.60. The third-order valence-electron chi connectivity index (χ3n) is 1.60. The summed E-state index contributed by atoms with van der Waals surface area (Å²) >= 11 is 0. The fourth-order valence-corrected chi connectivity index (χ4v) is 0.980. The van der Waals surface area contributed by atoms with Crippen LogP contribution in [0, 0.1) is 5.21 Å². The summed E-state index contributed by atoms with van der Waals surface area (Å²) in [5, 5.41) is 13.6. The molecular weight excluding hydrogens is 152 g/mol. The van der Waals surface area contributed by atoms with Crippen LogP contribution in [-0.4, -0.2) is 18.5 Å². The Morgan fingerprint density at radius 2 is 2.00 bits per heavy atom. The maximum Gasteiger partial charge on any atom is 0.178 e. The molecule has 1 aromatic rings. The van der Waals surface area contributed by atoms with E-state index in [1.165, 1.54) is 0 Å². The summed E-state index contributed by atoms with van der Waals surface area (Å²) in [5.74, 6) is 0. The van der Waals surface area contributed by atoms with E-state index >= 15 is 0 Å². The zero-order chi connectivity index (χ0) is 8.97. The van der Waals surface area contributed by atoms with Gasteiger partial charge >= 0.3 is 0 Å². The molecule has 3 heteroatoms. The molecule has 0 bridgehead atoms. The van der Waals surface area contributed by atoms with E-state index in [2.05, 4.69) is 12.0 Å². The minimum absolute atomic E-state index is 0.337. The van der Waals surface area contributed by atoms with Gasteiger partial charge in [-0.1, -0.05) is 12.1 Å². The van der Waals surface area contributed by atoms with Crippen molar-refractivity contribution in [3.63, 3.8) is 0 Å². The Labute approximate surface area is 71.9 Å². The van der Waals surface area contributed by atoms with E-state index in [1.54, 1.807) is 0 Å². The van der Waals surface area contributed by atoms with Crippen LogP contribution in [0.15, 0.2) is 24.3 Å². The van der Waals surface area contributed by atoms with Gasteiger partial charge in [-0.25, -0.2) is 4.74 Å². The van der Waals surface area contributed by atoms with Gasteiger partial charge in [0.25, 0.3) is 0 Å². The monoisotopic (exact) mass is 164 g/mol.